The number of hydrogen-bond acceptors (Lipinski definition) is 2. The molecule has 0 bridgehead atoms. The first-order valence-corrected chi connectivity index (χ1v) is 3.37. The van der Waals surface area contributed by atoms with Gasteiger partial charge in [-0.1, -0.05) is 6.92 Å². The second kappa shape index (κ2) is 4.77. The van der Waals surface area contributed by atoms with Gasteiger partial charge >= 0.3 is 0 Å². The lowest BCUT2D eigenvalue weighted by Gasteiger charge is -2.21. The minimum Gasteiger partial charge on any atom is -0.383 e. The number of rotatable bonds is 4. The van der Waals surface area contributed by atoms with Gasteiger partial charge in [-0.3, -0.25) is 0 Å². The molecule has 0 aliphatic rings. The van der Waals surface area contributed by atoms with Gasteiger partial charge in [0, 0.05) is 13.2 Å². The van der Waals surface area contributed by atoms with E-state index >= 15 is 0 Å². The van der Waals surface area contributed by atoms with Gasteiger partial charge < -0.3 is 9.64 Å². The highest BCUT2D eigenvalue weighted by Crippen LogP contribution is 1.97. The fraction of sp³-hybridized carbons (Fsp3) is 1.00. The summed E-state index contributed by atoms with van der Waals surface area (Å²) in [6, 6.07) is 0.579. The monoisotopic (exact) mass is 131 g/mol. The maximum atomic E-state index is 5.01. The van der Waals surface area contributed by atoms with Crippen LogP contribution in [0.5, 0.6) is 0 Å². The number of hydrogen-bond donors (Lipinski definition) is 0. The molecule has 0 aromatic carbocycles. The highest BCUT2D eigenvalue weighted by Gasteiger charge is 2.06. The molecule has 9 heavy (non-hydrogen) atoms. The molecule has 1 atom stereocenters. The van der Waals surface area contributed by atoms with Crippen molar-refractivity contribution in [2.45, 2.75) is 19.4 Å². The van der Waals surface area contributed by atoms with Crippen LogP contribution >= 0.6 is 0 Å². The first-order valence-electron chi connectivity index (χ1n) is 3.37. The van der Waals surface area contributed by atoms with Crippen molar-refractivity contribution in [1.29, 1.82) is 0 Å². The van der Waals surface area contributed by atoms with Crippen molar-refractivity contribution in [3.05, 3.63) is 0 Å². The van der Waals surface area contributed by atoms with Crippen LogP contribution in [0.2, 0.25) is 0 Å². The van der Waals surface area contributed by atoms with Gasteiger partial charge in [0.25, 0.3) is 0 Å². The number of likely N-dealkylation sites (N-methyl/N-ethyl adjacent to an activating group) is 1. The van der Waals surface area contributed by atoms with Gasteiger partial charge in [0.1, 0.15) is 0 Å². The second-order valence-corrected chi connectivity index (χ2v) is 2.48. The average molecular weight is 131 g/mol. The molecule has 0 saturated carbocycles. The SMILES string of the molecule is CC[C@H](COC)N(C)C. The summed E-state index contributed by atoms with van der Waals surface area (Å²) in [5.74, 6) is 0. The van der Waals surface area contributed by atoms with E-state index in [2.05, 4.69) is 25.9 Å². The Morgan fingerprint density at radius 3 is 2.11 bits per heavy atom. The molecule has 2 heteroatoms. The molecule has 2 nitrogen and oxygen atoms in total. The highest BCUT2D eigenvalue weighted by atomic mass is 16.5. The Morgan fingerprint density at radius 1 is 1.44 bits per heavy atom. The summed E-state index contributed by atoms with van der Waals surface area (Å²) in [6.45, 7) is 3.01. The maximum Gasteiger partial charge on any atom is 0.0617 e. The normalized spacial score (nSPS) is 14.3. The van der Waals surface area contributed by atoms with E-state index in [1.807, 2.05) is 0 Å². The lowest BCUT2D eigenvalue weighted by Crippen LogP contribution is -2.31. The Balaban J connectivity index is 3.41. The molecule has 0 saturated heterocycles. The number of ether oxygens (including phenoxy) is 1. The Kier molecular flexibility index (Phi) is 4.72. The molecule has 56 valence electrons. The molecule has 0 aromatic rings. The van der Waals surface area contributed by atoms with Crippen molar-refractivity contribution in [1.82, 2.24) is 4.90 Å². The minimum atomic E-state index is 0.579. The average Bonchev–Trinajstić information content (AvgIpc) is 1.82. The van der Waals surface area contributed by atoms with Crippen LogP contribution in [0.25, 0.3) is 0 Å². The summed E-state index contributed by atoms with van der Waals surface area (Å²) < 4.78 is 5.01. The lowest BCUT2D eigenvalue weighted by molar-refractivity contribution is 0.118. The summed E-state index contributed by atoms with van der Waals surface area (Å²) in [4.78, 5) is 2.18. The van der Waals surface area contributed by atoms with Crippen LogP contribution in [-0.2, 0) is 4.74 Å². The van der Waals surface area contributed by atoms with E-state index in [-0.39, 0.29) is 0 Å². The molecule has 0 spiro atoms. The van der Waals surface area contributed by atoms with Crippen LogP contribution in [0.3, 0.4) is 0 Å². The van der Waals surface area contributed by atoms with Gasteiger partial charge in [-0.25, -0.2) is 0 Å². The zero-order valence-corrected chi connectivity index (χ0v) is 6.85. The molecule has 0 aliphatic carbocycles. The Morgan fingerprint density at radius 2 is 2.00 bits per heavy atom. The maximum absolute atomic E-state index is 5.01. The van der Waals surface area contributed by atoms with E-state index in [0.717, 1.165) is 13.0 Å². The van der Waals surface area contributed by atoms with Gasteiger partial charge in [-0.2, -0.15) is 0 Å². The van der Waals surface area contributed by atoms with Crippen LogP contribution in [0.1, 0.15) is 13.3 Å². The lowest BCUT2D eigenvalue weighted by atomic mass is 10.2. The summed E-state index contributed by atoms with van der Waals surface area (Å²) >= 11 is 0. The Labute approximate surface area is 57.8 Å². The third kappa shape index (κ3) is 3.49. The topological polar surface area (TPSA) is 12.5 Å². The van der Waals surface area contributed by atoms with Crippen molar-refractivity contribution < 1.29 is 4.74 Å². The van der Waals surface area contributed by atoms with E-state index < -0.39 is 0 Å². The molecule has 0 radical (unpaired) electrons. The van der Waals surface area contributed by atoms with Crippen molar-refractivity contribution in [2.24, 2.45) is 0 Å². The van der Waals surface area contributed by atoms with Gasteiger partial charge in [0.2, 0.25) is 0 Å². The third-order valence-corrected chi connectivity index (χ3v) is 1.56. The summed E-state index contributed by atoms with van der Waals surface area (Å²) in [5.41, 5.74) is 0. The van der Waals surface area contributed by atoms with Gasteiger partial charge in [0.15, 0.2) is 0 Å². The molecular formula is C7H17NO. The summed E-state index contributed by atoms with van der Waals surface area (Å²) in [5, 5.41) is 0. The summed E-state index contributed by atoms with van der Waals surface area (Å²) in [7, 11) is 5.90. The predicted molar refractivity (Wildman–Crippen MR) is 39.6 cm³/mol. The molecule has 0 amide bonds. The quantitative estimate of drug-likeness (QED) is 0.563. The fourth-order valence-electron chi connectivity index (χ4n) is 0.824. The van der Waals surface area contributed by atoms with Crippen LogP contribution < -0.4 is 0 Å². The fourth-order valence-corrected chi connectivity index (χ4v) is 0.824. The molecule has 0 N–H and O–H groups in total. The van der Waals surface area contributed by atoms with Crippen LogP contribution in [0.4, 0.5) is 0 Å². The first kappa shape index (κ1) is 8.92. The standard InChI is InChI=1S/C7H17NO/c1-5-7(6-9-4)8(2)3/h7H,5-6H2,1-4H3/t7-/m1/s1. The smallest absolute Gasteiger partial charge is 0.0617 e. The zero-order valence-electron chi connectivity index (χ0n) is 6.85. The largest absolute Gasteiger partial charge is 0.383 e. The molecule has 0 heterocycles. The zero-order chi connectivity index (χ0) is 7.28. The van der Waals surface area contributed by atoms with Gasteiger partial charge in [-0.05, 0) is 20.5 Å². The van der Waals surface area contributed by atoms with E-state index in [9.17, 15) is 0 Å². The minimum absolute atomic E-state index is 0.579. The van der Waals surface area contributed by atoms with E-state index in [1.54, 1.807) is 7.11 Å². The highest BCUT2D eigenvalue weighted by molar-refractivity contribution is 4.61. The van der Waals surface area contributed by atoms with Gasteiger partial charge in [0.05, 0.1) is 6.61 Å². The van der Waals surface area contributed by atoms with Crippen molar-refractivity contribution in [3.8, 4) is 0 Å². The molecule has 0 unspecified atom stereocenters. The predicted octanol–water partition coefficient (Wildman–Crippen LogP) is 0.973. The molecular weight excluding hydrogens is 114 g/mol. The summed E-state index contributed by atoms with van der Waals surface area (Å²) in [6.07, 6.45) is 1.15. The van der Waals surface area contributed by atoms with E-state index in [4.69, 9.17) is 4.74 Å². The molecule has 0 aromatic heterocycles. The third-order valence-electron chi connectivity index (χ3n) is 1.56. The molecule has 0 aliphatic heterocycles. The van der Waals surface area contributed by atoms with E-state index in [0.29, 0.717) is 6.04 Å². The Hall–Kier alpha value is -0.0800. The van der Waals surface area contributed by atoms with Crippen molar-refractivity contribution >= 4 is 0 Å². The van der Waals surface area contributed by atoms with Crippen LogP contribution in [-0.4, -0.2) is 38.8 Å². The molecule has 0 fully saturated rings. The Bertz CT molecular complexity index is 63.9. The first-order chi connectivity index (χ1) is 4.22. The van der Waals surface area contributed by atoms with Gasteiger partial charge in [-0.15, -0.1) is 0 Å². The second-order valence-electron chi connectivity index (χ2n) is 2.48. The number of nitrogens with zero attached hydrogens (tertiary/aromatic N) is 1. The molecule has 0 rings (SSSR count). The van der Waals surface area contributed by atoms with Crippen molar-refractivity contribution in [3.63, 3.8) is 0 Å². The van der Waals surface area contributed by atoms with E-state index in [1.165, 1.54) is 0 Å². The van der Waals surface area contributed by atoms with Crippen LogP contribution in [0, 0.1) is 0 Å². The van der Waals surface area contributed by atoms with Crippen molar-refractivity contribution in [2.75, 3.05) is 27.8 Å². The van der Waals surface area contributed by atoms with Crippen LogP contribution in [0.15, 0.2) is 0 Å². The number of methoxy groups -OCH3 is 1.